The van der Waals surface area contributed by atoms with Crippen molar-refractivity contribution in [3.63, 3.8) is 0 Å². The van der Waals surface area contributed by atoms with Crippen LogP contribution in [0.15, 0.2) is 57.7 Å². The van der Waals surface area contributed by atoms with Crippen LogP contribution in [0.1, 0.15) is 25.7 Å². The van der Waals surface area contributed by atoms with Crippen molar-refractivity contribution in [3.8, 4) is 0 Å². The van der Waals surface area contributed by atoms with Crippen molar-refractivity contribution in [1.29, 1.82) is 0 Å². The monoisotopic (exact) mass is 484 g/mol. The van der Waals surface area contributed by atoms with E-state index < -0.39 is 0 Å². The van der Waals surface area contributed by atoms with E-state index in [1.807, 2.05) is 48.5 Å². The molecule has 6 rings (SSSR count). The summed E-state index contributed by atoms with van der Waals surface area (Å²) in [5, 5.41) is 9.53. The molecular formula is C29H32N4O3. The zero-order valence-corrected chi connectivity index (χ0v) is 20.5. The van der Waals surface area contributed by atoms with E-state index in [4.69, 9.17) is 4.42 Å². The van der Waals surface area contributed by atoms with E-state index in [1.54, 1.807) is 0 Å². The van der Waals surface area contributed by atoms with Crippen molar-refractivity contribution >= 4 is 50.0 Å². The highest BCUT2D eigenvalue weighted by Crippen LogP contribution is 2.32. The van der Waals surface area contributed by atoms with Gasteiger partial charge in [-0.1, -0.05) is 24.3 Å². The number of benzene rings is 3. The van der Waals surface area contributed by atoms with Crippen LogP contribution in [-0.4, -0.2) is 61.5 Å². The largest absolute Gasteiger partial charge is 0.454 e. The van der Waals surface area contributed by atoms with Gasteiger partial charge in [0, 0.05) is 18.8 Å². The maximum atomic E-state index is 13.9. The normalized spacial score (nSPS) is 16.9. The van der Waals surface area contributed by atoms with Crippen LogP contribution in [0.3, 0.4) is 0 Å². The highest BCUT2D eigenvalue weighted by Gasteiger charge is 2.20. The summed E-state index contributed by atoms with van der Waals surface area (Å²) >= 11 is 0. The lowest BCUT2D eigenvalue weighted by molar-refractivity contribution is -0.117. The number of hydrogen-bond acceptors (Lipinski definition) is 6. The maximum Gasteiger partial charge on any atom is 0.238 e. The topological polar surface area (TPSA) is 77.8 Å². The van der Waals surface area contributed by atoms with Crippen molar-refractivity contribution in [1.82, 2.24) is 9.80 Å². The summed E-state index contributed by atoms with van der Waals surface area (Å²) in [7, 11) is 0. The molecule has 2 aliphatic heterocycles. The molecule has 2 aliphatic rings. The summed E-state index contributed by atoms with van der Waals surface area (Å²) in [6, 6.07) is 15.5. The van der Waals surface area contributed by atoms with Crippen molar-refractivity contribution in [2.24, 2.45) is 0 Å². The first-order valence-electron chi connectivity index (χ1n) is 13.1. The third kappa shape index (κ3) is 4.56. The lowest BCUT2D eigenvalue weighted by atomic mass is 10.0. The summed E-state index contributed by atoms with van der Waals surface area (Å²) in [5.41, 5.74) is 2.13. The van der Waals surface area contributed by atoms with Gasteiger partial charge >= 0.3 is 0 Å². The number of likely N-dealkylation sites (tertiary alicyclic amines) is 2. The predicted molar refractivity (Wildman–Crippen MR) is 146 cm³/mol. The molecule has 4 aromatic rings. The Morgan fingerprint density at radius 2 is 1.53 bits per heavy atom. The molecule has 186 valence electrons. The predicted octanol–water partition coefficient (Wildman–Crippen LogP) is 4.64. The molecule has 0 unspecified atom stereocenters. The minimum atomic E-state index is -0.0887. The van der Waals surface area contributed by atoms with Crippen LogP contribution in [0.2, 0.25) is 0 Å². The molecule has 0 bridgehead atoms. The fourth-order valence-electron chi connectivity index (χ4n) is 5.57. The Bertz CT molecular complexity index is 1480. The standard InChI is InChI=1S/C29H32N4O3/c34-26(19-33-14-5-6-15-33)31-24-10-9-23(30-11-16-32-12-3-4-13-32)27-28(35)22-17-20-7-1-2-8-21(20)18-25(22)36-29(24)27/h1-2,7-10,17-18,30H,3-6,11-16,19H2,(H,31,34). The van der Waals surface area contributed by atoms with E-state index in [9.17, 15) is 9.59 Å². The van der Waals surface area contributed by atoms with E-state index in [1.165, 1.54) is 12.8 Å². The van der Waals surface area contributed by atoms with Crippen LogP contribution in [0.4, 0.5) is 11.4 Å². The van der Waals surface area contributed by atoms with Crippen LogP contribution in [0.5, 0.6) is 0 Å². The minimum Gasteiger partial charge on any atom is -0.454 e. The van der Waals surface area contributed by atoms with Crippen LogP contribution in [0, 0.1) is 0 Å². The first-order chi connectivity index (χ1) is 17.7. The molecular weight excluding hydrogens is 452 g/mol. The van der Waals surface area contributed by atoms with Crippen molar-refractivity contribution in [2.75, 3.05) is 56.4 Å². The van der Waals surface area contributed by atoms with Gasteiger partial charge in [-0.15, -0.1) is 0 Å². The Morgan fingerprint density at radius 3 is 2.28 bits per heavy atom. The van der Waals surface area contributed by atoms with E-state index in [0.29, 0.717) is 34.2 Å². The van der Waals surface area contributed by atoms with E-state index in [0.717, 1.165) is 68.6 Å². The highest BCUT2D eigenvalue weighted by atomic mass is 16.3. The van der Waals surface area contributed by atoms with Gasteiger partial charge in [-0.05, 0) is 86.9 Å². The Balaban J connectivity index is 1.40. The van der Waals surface area contributed by atoms with Gasteiger partial charge < -0.3 is 20.0 Å². The zero-order valence-electron chi connectivity index (χ0n) is 20.5. The average Bonchev–Trinajstić information content (AvgIpc) is 3.59. The summed E-state index contributed by atoms with van der Waals surface area (Å²) in [5.74, 6) is -0.0887. The molecule has 1 amide bonds. The number of carbonyl (C=O) groups is 1. The van der Waals surface area contributed by atoms with Crippen molar-refractivity contribution in [2.45, 2.75) is 25.7 Å². The molecule has 3 heterocycles. The Kier molecular flexibility index (Phi) is 6.34. The van der Waals surface area contributed by atoms with Gasteiger partial charge in [0.15, 0.2) is 5.58 Å². The van der Waals surface area contributed by atoms with Crippen LogP contribution < -0.4 is 16.1 Å². The van der Waals surface area contributed by atoms with Gasteiger partial charge in [-0.3, -0.25) is 14.5 Å². The molecule has 7 nitrogen and oxygen atoms in total. The highest BCUT2D eigenvalue weighted by molar-refractivity contribution is 6.08. The molecule has 1 aromatic heterocycles. The Morgan fingerprint density at radius 1 is 0.861 bits per heavy atom. The number of hydrogen-bond donors (Lipinski definition) is 2. The van der Waals surface area contributed by atoms with E-state index >= 15 is 0 Å². The van der Waals surface area contributed by atoms with Gasteiger partial charge in [-0.2, -0.15) is 0 Å². The lowest BCUT2D eigenvalue weighted by Gasteiger charge is -2.18. The minimum absolute atomic E-state index is 0.0867. The molecule has 2 N–H and O–H groups in total. The molecule has 2 fully saturated rings. The first kappa shape index (κ1) is 23.0. The number of rotatable bonds is 7. The molecule has 36 heavy (non-hydrogen) atoms. The smallest absolute Gasteiger partial charge is 0.238 e. The molecule has 3 aromatic carbocycles. The van der Waals surface area contributed by atoms with Gasteiger partial charge in [0.25, 0.3) is 0 Å². The quantitative estimate of drug-likeness (QED) is 0.372. The first-order valence-corrected chi connectivity index (χ1v) is 13.1. The molecule has 0 atom stereocenters. The van der Waals surface area contributed by atoms with E-state index in [2.05, 4.69) is 20.4 Å². The fraction of sp³-hybridized carbons (Fsp3) is 0.379. The molecule has 7 heteroatoms. The van der Waals surface area contributed by atoms with Crippen molar-refractivity contribution < 1.29 is 9.21 Å². The second-order valence-electron chi connectivity index (χ2n) is 10.00. The third-order valence-corrected chi connectivity index (χ3v) is 7.47. The second-order valence-corrected chi connectivity index (χ2v) is 10.00. The number of nitrogens with zero attached hydrogens (tertiary/aromatic N) is 2. The summed E-state index contributed by atoms with van der Waals surface area (Å²) in [6.07, 6.45) is 4.75. The van der Waals surface area contributed by atoms with Crippen LogP contribution in [-0.2, 0) is 4.79 Å². The Hall–Kier alpha value is -3.42. The number of amides is 1. The molecule has 0 radical (unpaired) electrons. The van der Waals surface area contributed by atoms with E-state index in [-0.39, 0.29) is 11.3 Å². The molecule has 0 spiro atoms. The fourth-order valence-corrected chi connectivity index (χ4v) is 5.57. The third-order valence-electron chi connectivity index (χ3n) is 7.47. The number of fused-ring (bicyclic) bond motifs is 3. The second kappa shape index (κ2) is 9.91. The summed E-state index contributed by atoms with van der Waals surface area (Å²) < 4.78 is 6.38. The lowest BCUT2D eigenvalue weighted by Crippen LogP contribution is -2.31. The number of anilines is 2. The number of nitrogens with one attached hydrogen (secondary N) is 2. The number of carbonyl (C=O) groups excluding carboxylic acids is 1. The summed E-state index contributed by atoms with van der Waals surface area (Å²) in [6.45, 7) is 6.17. The SMILES string of the molecule is O=C(CN1CCCC1)Nc1ccc(NCCN2CCCC2)c2c(=O)c3cc4ccccc4cc3oc12. The molecule has 0 aliphatic carbocycles. The molecule has 2 saturated heterocycles. The van der Waals surface area contributed by atoms with Crippen molar-refractivity contribution in [3.05, 3.63) is 58.8 Å². The van der Waals surface area contributed by atoms with Gasteiger partial charge in [-0.25, -0.2) is 0 Å². The average molecular weight is 485 g/mol. The van der Waals surface area contributed by atoms with Crippen LogP contribution in [0.25, 0.3) is 32.7 Å². The molecule has 0 saturated carbocycles. The van der Waals surface area contributed by atoms with Gasteiger partial charge in [0.05, 0.1) is 23.0 Å². The maximum absolute atomic E-state index is 13.9. The summed E-state index contributed by atoms with van der Waals surface area (Å²) in [4.78, 5) is 31.3. The Labute approximate surface area is 210 Å². The van der Waals surface area contributed by atoms with Gasteiger partial charge in [0.1, 0.15) is 5.58 Å². The van der Waals surface area contributed by atoms with Gasteiger partial charge in [0.2, 0.25) is 11.3 Å². The van der Waals surface area contributed by atoms with Crippen LogP contribution >= 0.6 is 0 Å². The zero-order chi connectivity index (χ0) is 24.5.